The van der Waals surface area contributed by atoms with Crippen LogP contribution in [0.25, 0.3) is 22.3 Å². The van der Waals surface area contributed by atoms with Crippen LogP contribution in [-0.4, -0.2) is 182 Å². The molecule has 1 aliphatic carbocycles. The molecule has 2 aromatic heterocycles. The van der Waals surface area contributed by atoms with Crippen LogP contribution in [0.2, 0.25) is 0 Å². The Labute approximate surface area is 592 Å². The number of thioether (sulfide) groups is 2. The number of hydrogen-bond donors (Lipinski definition) is 4. The van der Waals surface area contributed by atoms with Crippen LogP contribution in [0.15, 0.2) is 97.2 Å². The van der Waals surface area contributed by atoms with E-state index < -0.39 is 99.7 Å². The molecule has 7 heterocycles. The van der Waals surface area contributed by atoms with Crippen LogP contribution in [0.4, 0.5) is 24.5 Å². The van der Waals surface area contributed by atoms with E-state index in [1.54, 1.807) is 85.2 Å². The number of anilines is 2. The number of ether oxygens (including phenoxy) is 7. The Hall–Kier alpha value is -9.01. The van der Waals surface area contributed by atoms with Crippen molar-refractivity contribution in [2.24, 2.45) is 5.92 Å². The fourth-order valence-electron chi connectivity index (χ4n) is 12.9. The number of nitrogens with one attached hydrogen (secondary N) is 3. The fraction of sp³-hybridized carbons (Fsp3) is 0.417. The molecule has 7 amide bonds. The number of imide groups is 1. The lowest BCUT2D eigenvalue weighted by Gasteiger charge is -2.34. The first-order valence-electron chi connectivity index (χ1n) is 33.5. The summed E-state index contributed by atoms with van der Waals surface area (Å²) in [6, 6.07) is 16.2. The number of pyridine rings is 2. The van der Waals surface area contributed by atoms with Gasteiger partial charge in [-0.25, -0.2) is 27.8 Å². The third kappa shape index (κ3) is 14.7. The van der Waals surface area contributed by atoms with Gasteiger partial charge in [-0.05, 0) is 111 Å². The summed E-state index contributed by atoms with van der Waals surface area (Å²) in [5, 5.41) is 20.0. The molecule has 4 N–H and O–H groups in total. The highest BCUT2D eigenvalue weighted by Gasteiger charge is 2.47. The summed E-state index contributed by atoms with van der Waals surface area (Å²) in [4.78, 5) is 132. The average Bonchev–Trinajstić information content (AvgIpc) is 1.51. The Bertz CT molecular complexity index is 4330. The van der Waals surface area contributed by atoms with Gasteiger partial charge in [0.2, 0.25) is 17.7 Å². The van der Waals surface area contributed by atoms with Crippen molar-refractivity contribution in [3.05, 3.63) is 149 Å². The van der Waals surface area contributed by atoms with Crippen molar-refractivity contribution < 1.29 is 89.8 Å². The summed E-state index contributed by atoms with van der Waals surface area (Å²) in [6.45, 7) is 10.4. The van der Waals surface area contributed by atoms with E-state index in [1.165, 1.54) is 24.5 Å². The minimum atomic E-state index is -2.02. The molecule has 0 saturated carbocycles. The zero-order valence-electron chi connectivity index (χ0n) is 56.6. The molecular formula is C72H75F3N8O17S2. The maximum Gasteiger partial charge on any atom is 0.343 e. The molecular weight excluding hydrogens is 1370 g/mol. The monoisotopic (exact) mass is 1440 g/mol. The number of nitrogens with zero attached hydrogens (tertiary/aromatic N) is 5. The van der Waals surface area contributed by atoms with Crippen molar-refractivity contribution >= 4 is 93.1 Å². The number of aliphatic hydroxyl groups is 1. The van der Waals surface area contributed by atoms with Crippen LogP contribution in [-0.2, 0) is 88.8 Å². The molecule has 538 valence electrons. The molecule has 0 spiro atoms. The van der Waals surface area contributed by atoms with Gasteiger partial charge >= 0.3 is 5.97 Å². The van der Waals surface area contributed by atoms with Crippen molar-refractivity contribution in [3.63, 3.8) is 0 Å². The quantitative estimate of drug-likeness (QED) is 0.0249. The lowest BCUT2D eigenvalue weighted by molar-refractivity contribution is -0.172. The molecule has 30 heteroatoms. The summed E-state index contributed by atoms with van der Waals surface area (Å²) in [5.74, 6) is -9.43. The van der Waals surface area contributed by atoms with Gasteiger partial charge in [0.25, 0.3) is 29.2 Å². The van der Waals surface area contributed by atoms with Gasteiger partial charge < -0.3 is 68.6 Å². The summed E-state index contributed by atoms with van der Waals surface area (Å²) in [7, 11) is 0. The highest BCUT2D eigenvalue weighted by Crippen LogP contribution is 2.47. The average molecular weight is 1450 g/mol. The number of hydrogen-bond acceptors (Lipinski definition) is 20. The predicted molar refractivity (Wildman–Crippen MR) is 366 cm³/mol. The normalized spacial score (nSPS) is 18.0. The van der Waals surface area contributed by atoms with Gasteiger partial charge in [0, 0.05) is 81.8 Å². The Kier molecular flexibility index (Phi) is 22.0. The Balaban J connectivity index is 0.587. The van der Waals surface area contributed by atoms with E-state index in [0.29, 0.717) is 126 Å². The number of fused-ring (bicyclic) bond motifs is 5. The first kappa shape index (κ1) is 72.8. The molecule has 6 aromatic rings. The number of esters is 1. The van der Waals surface area contributed by atoms with Gasteiger partial charge in [0.05, 0.1) is 110 Å². The molecule has 4 aromatic carbocycles. The molecule has 12 rings (SSSR count). The van der Waals surface area contributed by atoms with Crippen LogP contribution in [0.5, 0.6) is 5.75 Å². The van der Waals surface area contributed by atoms with E-state index in [1.807, 2.05) is 0 Å². The summed E-state index contributed by atoms with van der Waals surface area (Å²) >= 11 is 1.90. The molecule has 2 saturated heterocycles. The van der Waals surface area contributed by atoms with Gasteiger partial charge in [-0.15, -0.1) is 0 Å². The van der Waals surface area contributed by atoms with Gasteiger partial charge in [-0.2, -0.15) is 0 Å². The van der Waals surface area contributed by atoms with Crippen LogP contribution in [0.3, 0.4) is 0 Å². The molecule has 0 bridgehead atoms. The zero-order valence-corrected chi connectivity index (χ0v) is 58.2. The van der Waals surface area contributed by atoms with Gasteiger partial charge in [-0.3, -0.25) is 38.4 Å². The standard InChI is InChI=1S/C72H75F3N8O17S2/c1-6-72(93)50-34-55-59-48(36-82(55)66(88)49(50)37-100-70(72)92)46-8-7-9-47-57(46)54(77-59)35-51(73)58(47)78-63(85)40(4)76-69(91)71(5,39(2)3)79-56(84)38-98-29-28-96-26-27-97-30-31-99-60-52(74)32-43(33-53(60)75)83-67(89)61(101-44-14-10-41(11-15-44)64(86)80-18-22-94-23-19-80)62(68(83)90)102-45-16-12-42(13-17-45)65(87)81-20-24-95-25-21-81/h10-17,32-35,39-40,93H,6-9,18-31,36-38H2,1-5H3,(H,76,91)(H,78,85)(H,79,84)/t40-,71?,72-/m0/s1. The third-order valence-electron chi connectivity index (χ3n) is 18.9. The highest BCUT2D eigenvalue weighted by atomic mass is 32.2. The van der Waals surface area contributed by atoms with Crippen molar-refractivity contribution in [3.8, 4) is 17.1 Å². The van der Waals surface area contributed by atoms with E-state index >= 15 is 13.2 Å². The molecule has 0 radical (unpaired) electrons. The second-order valence-corrected chi connectivity index (χ2v) is 27.8. The smallest absolute Gasteiger partial charge is 0.343 e. The number of aryl methyl sites for hydroxylation is 2. The minimum absolute atomic E-state index is 0.0281. The number of carbonyl (C=O) groups is 8. The maximum absolute atomic E-state index is 16.3. The summed E-state index contributed by atoms with van der Waals surface area (Å²) in [6.07, 6.45) is 1.51. The van der Waals surface area contributed by atoms with Crippen molar-refractivity contribution in [2.45, 2.75) is 100 Å². The first-order chi connectivity index (χ1) is 49.0. The number of amides is 7. The molecule has 1 unspecified atom stereocenters. The Morgan fingerprint density at radius 2 is 1.25 bits per heavy atom. The number of carbonyl (C=O) groups excluding carboxylic acids is 8. The molecule has 25 nitrogen and oxygen atoms in total. The van der Waals surface area contributed by atoms with Crippen molar-refractivity contribution in [1.82, 2.24) is 30.0 Å². The number of benzene rings is 4. The van der Waals surface area contributed by atoms with Crippen LogP contribution >= 0.6 is 23.5 Å². The molecule has 102 heavy (non-hydrogen) atoms. The van der Waals surface area contributed by atoms with E-state index in [0.717, 1.165) is 46.8 Å². The molecule has 3 atom stereocenters. The van der Waals surface area contributed by atoms with Crippen LogP contribution in [0, 0.1) is 23.4 Å². The topological polar surface area (TPSA) is 302 Å². The van der Waals surface area contributed by atoms with Crippen molar-refractivity contribution in [2.75, 3.05) is 109 Å². The summed E-state index contributed by atoms with van der Waals surface area (Å²) < 4.78 is 87.4. The summed E-state index contributed by atoms with van der Waals surface area (Å²) in [5.41, 5.74) is -0.121. The SMILES string of the molecule is CC[C@@]1(O)C(=O)OCc2c1cc1n(c2=O)Cc2c-1nc1cc(F)c(NC(=O)[C@H](C)NC(=O)C(C)(NC(=O)COCCOCCOCCOc3c(F)cc(N4C(=O)C(Sc5ccc(C(=O)N6CCOCC6)cc5)=C(Sc5ccc(C(=O)N6CCOCC6)cc5)C4=O)cc3F)C(C)C)c3c1c2CCC3. The molecule has 6 aliphatic rings. The predicted octanol–water partition coefficient (Wildman–Crippen LogP) is 6.70. The third-order valence-corrected chi connectivity index (χ3v) is 21.3. The number of halogens is 3. The lowest BCUT2D eigenvalue weighted by atomic mass is 9.85. The van der Waals surface area contributed by atoms with E-state index in [2.05, 4.69) is 16.0 Å². The second-order valence-electron chi connectivity index (χ2n) is 25.6. The van der Waals surface area contributed by atoms with Crippen LogP contribution in [0.1, 0.15) is 96.0 Å². The first-order valence-corrected chi connectivity index (χ1v) is 35.2. The Morgan fingerprint density at radius 3 is 1.81 bits per heavy atom. The fourth-order valence-corrected chi connectivity index (χ4v) is 14.9. The lowest BCUT2D eigenvalue weighted by Crippen LogP contribution is -2.62. The van der Waals surface area contributed by atoms with Gasteiger partial charge in [0.1, 0.15) is 37.2 Å². The number of morpholine rings is 2. The zero-order chi connectivity index (χ0) is 72.3. The van der Waals surface area contributed by atoms with Gasteiger partial charge in [0.15, 0.2) is 23.0 Å². The second kappa shape index (κ2) is 30.9. The molecule has 5 aliphatic heterocycles. The van der Waals surface area contributed by atoms with E-state index in [4.69, 9.17) is 38.1 Å². The number of rotatable bonds is 26. The van der Waals surface area contributed by atoms with E-state index in [-0.39, 0.29) is 97.7 Å². The van der Waals surface area contributed by atoms with Crippen LogP contribution < -0.4 is 31.1 Å². The van der Waals surface area contributed by atoms with Gasteiger partial charge in [-0.1, -0.05) is 44.3 Å². The molecule has 2 fully saturated rings. The number of cyclic esters (lactones) is 1. The Morgan fingerprint density at radius 1 is 0.706 bits per heavy atom. The minimum Gasteiger partial charge on any atom is -0.485 e. The van der Waals surface area contributed by atoms with Crippen molar-refractivity contribution in [1.29, 1.82) is 0 Å². The highest BCUT2D eigenvalue weighted by molar-refractivity contribution is 8.08. The maximum atomic E-state index is 16.3. The number of aromatic nitrogens is 2. The van der Waals surface area contributed by atoms with E-state index in [9.17, 15) is 48.3 Å². The largest absolute Gasteiger partial charge is 0.485 e.